The van der Waals surface area contributed by atoms with E-state index >= 15 is 0 Å². The Kier molecular flexibility index (Phi) is 5.34. The molecule has 3 rings (SSSR count). The van der Waals surface area contributed by atoms with Crippen LogP contribution in [-0.4, -0.2) is 35.6 Å². The Morgan fingerprint density at radius 2 is 1.79 bits per heavy atom. The highest BCUT2D eigenvalue weighted by Crippen LogP contribution is 2.30. The molecule has 1 atom stereocenters. The topological polar surface area (TPSA) is 88.1 Å². The number of halogens is 4. The number of hydrazone groups is 1. The second-order valence-electron chi connectivity index (χ2n) is 6.40. The quantitative estimate of drug-likeness (QED) is 0.464. The monoisotopic (exact) mass is 401 g/mol. The molecule has 28 heavy (non-hydrogen) atoms. The lowest BCUT2D eigenvalue weighted by Crippen LogP contribution is -2.40. The lowest BCUT2D eigenvalue weighted by Gasteiger charge is -2.24. The molecule has 0 spiro atoms. The summed E-state index contributed by atoms with van der Waals surface area (Å²) in [7, 11) is 0. The van der Waals surface area contributed by atoms with Gasteiger partial charge in [-0.15, -0.1) is 0 Å². The van der Waals surface area contributed by atoms with Crippen molar-refractivity contribution in [3.8, 4) is 0 Å². The lowest BCUT2D eigenvalue weighted by atomic mass is 10.1. The van der Waals surface area contributed by atoms with E-state index in [0.29, 0.717) is 0 Å². The summed E-state index contributed by atoms with van der Waals surface area (Å²) in [5.74, 6) is -9.70. The number of benzene rings is 1. The van der Waals surface area contributed by atoms with Crippen LogP contribution in [0.3, 0.4) is 0 Å². The Morgan fingerprint density at radius 3 is 2.36 bits per heavy atom. The summed E-state index contributed by atoms with van der Waals surface area (Å²) in [4.78, 5) is 36.0. The highest BCUT2D eigenvalue weighted by atomic mass is 19.2. The maximum atomic E-state index is 14.0. The van der Waals surface area contributed by atoms with Crippen molar-refractivity contribution in [1.82, 2.24) is 5.32 Å². The number of amides is 2. The molecule has 2 amide bonds. The van der Waals surface area contributed by atoms with Gasteiger partial charge >= 0.3 is 5.97 Å². The van der Waals surface area contributed by atoms with E-state index in [1.807, 2.05) is 0 Å². The van der Waals surface area contributed by atoms with E-state index < -0.39 is 65.0 Å². The first-order valence-corrected chi connectivity index (χ1v) is 8.43. The summed E-state index contributed by atoms with van der Waals surface area (Å²) in [6.45, 7) is 1.32. The van der Waals surface area contributed by atoms with Crippen LogP contribution >= 0.6 is 0 Å². The van der Waals surface area contributed by atoms with Gasteiger partial charge < -0.3 is 10.1 Å². The number of hydrogen-bond donors (Lipinski definition) is 1. The van der Waals surface area contributed by atoms with Crippen LogP contribution in [0.15, 0.2) is 11.2 Å². The Hall–Kier alpha value is -2.98. The molecule has 1 aliphatic heterocycles. The first-order chi connectivity index (χ1) is 13.2. The molecular formula is C17H15F4N3O4. The highest BCUT2D eigenvalue weighted by Gasteiger charge is 2.34. The number of anilines is 1. The highest BCUT2D eigenvalue weighted by molar-refractivity contribution is 6.38. The van der Waals surface area contributed by atoms with Crippen molar-refractivity contribution in [2.45, 2.75) is 44.8 Å². The third-order valence-electron chi connectivity index (χ3n) is 4.15. The van der Waals surface area contributed by atoms with E-state index in [-0.39, 0.29) is 23.5 Å². The number of nitrogens with one attached hydrogen (secondary N) is 1. The maximum absolute atomic E-state index is 14.0. The van der Waals surface area contributed by atoms with Gasteiger partial charge in [0.15, 0.2) is 29.4 Å². The summed E-state index contributed by atoms with van der Waals surface area (Å²) < 4.78 is 59.7. The molecule has 0 saturated heterocycles. The van der Waals surface area contributed by atoms with Crippen LogP contribution in [0.5, 0.6) is 0 Å². The zero-order chi connectivity index (χ0) is 20.6. The number of carbonyl (C=O) groups excluding carboxylic acids is 3. The minimum absolute atomic E-state index is 0.0123. The smallest absolute Gasteiger partial charge is 0.355 e. The minimum atomic E-state index is -1.83. The zero-order valence-electron chi connectivity index (χ0n) is 14.6. The molecule has 0 unspecified atom stereocenters. The fourth-order valence-corrected chi connectivity index (χ4v) is 2.45. The van der Waals surface area contributed by atoms with E-state index in [1.54, 1.807) is 0 Å². The molecule has 1 heterocycles. The predicted octanol–water partition coefficient (Wildman–Crippen LogP) is 1.94. The number of esters is 1. The van der Waals surface area contributed by atoms with Gasteiger partial charge in [0, 0.05) is 24.9 Å². The standard InChI is InChI=1S/C17H15F4N3O4/c1-7(16(26)22-8-2-3-8)28-17(27)11-4-5-12(25)24(23-11)15-13(20)9(18)6-10(19)14(15)21/h6-8H,2-5H2,1H3,(H,22,26)/t7-/m1/s1. The van der Waals surface area contributed by atoms with Crippen LogP contribution < -0.4 is 10.3 Å². The normalized spacial score (nSPS) is 17.8. The minimum Gasteiger partial charge on any atom is -0.448 e. The van der Waals surface area contributed by atoms with Gasteiger partial charge in [0.25, 0.3) is 5.91 Å². The SMILES string of the molecule is C[C@@H](OC(=O)C1=NN(c2c(F)c(F)cc(F)c2F)C(=O)CC1)C(=O)NC1CC1. The van der Waals surface area contributed by atoms with Crippen LogP contribution in [0.25, 0.3) is 0 Å². The third-order valence-corrected chi connectivity index (χ3v) is 4.15. The fourth-order valence-electron chi connectivity index (χ4n) is 2.45. The van der Waals surface area contributed by atoms with Gasteiger partial charge in [-0.3, -0.25) is 9.59 Å². The van der Waals surface area contributed by atoms with Gasteiger partial charge in [0.2, 0.25) is 5.91 Å². The molecule has 0 bridgehead atoms. The van der Waals surface area contributed by atoms with Crippen molar-refractivity contribution < 1.29 is 36.7 Å². The number of carbonyl (C=O) groups is 3. The first kappa shape index (κ1) is 19.8. The van der Waals surface area contributed by atoms with Gasteiger partial charge in [-0.25, -0.2) is 22.4 Å². The first-order valence-electron chi connectivity index (χ1n) is 8.43. The Bertz CT molecular complexity index is 859. The van der Waals surface area contributed by atoms with Crippen LogP contribution in [-0.2, 0) is 19.1 Å². The van der Waals surface area contributed by atoms with Crippen LogP contribution in [0.2, 0.25) is 0 Å². The summed E-state index contributed by atoms with van der Waals surface area (Å²) in [5.41, 5.74) is -1.79. The zero-order valence-corrected chi connectivity index (χ0v) is 14.6. The van der Waals surface area contributed by atoms with Gasteiger partial charge in [-0.1, -0.05) is 0 Å². The number of rotatable bonds is 5. The van der Waals surface area contributed by atoms with Gasteiger partial charge in [0.1, 0.15) is 11.4 Å². The van der Waals surface area contributed by atoms with Crippen molar-refractivity contribution in [3.63, 3.8) is 0 Å². The van der Waals surface area contributed by atoms with Crippen molar-refractivity contribution >= 4 is 29.2 Å². The average Bonchev–Trinajstić information content (AvgIpc) is 3.45. The Balaban J connectivity index is 1.82. The number of ether oxygens (including phenoxy) is 1. The Labute approximate surface area is 156 Å². The summed E-state index contributed by atoms with van der Waals surface area (Å²) >= 11 is 0. The molecule has 1 saturated carbocycles. The molecule has 11 heteroatoms. The Morgan fingerprint density at radius 1 is 1.18 bits per heavy atom. The molecule has 1 N–H and O–H groups in total. The number of hydrogen-bond acceptors (Lipinski definition) is 5. The molecule has 1 aliphatic carbocycles. The second kappa shape index (κ2) is 7.56. The van der Waals surface area contributed by atoms with Gasteiger partial charge in [-0.05, 0) is 19.8 Å². The molecule has 150 valence electrons. The van der Waals surface area contributed by atoms with Crippen LogP contribution in [0.1, 0.15) is 32.6 Å². The van der Waals surface area contributed by atoms with Crippen molar-refractivity contribution in [3.05, 3.63) is 29.3 Å². The molecular weight excluding hydrogens is 386 g/mol. The van der Waals surface area contributed by atoms with E-state index in [2.05, 4.69) is 10.4 Å². The second-order valence-corrected chi connectivity index (χ2v) is 6.40. The van der Waals surface area contributed by atoms with E-state index in [0.717, 1.165) is 12.8 Å². The van der Waals surface area contributed by atoms with Gasteiger partial charge in [-0.2, -0.15) is 10.1 Å². The lowest BCUT2D eigenvalue weighted by molar-refractivity contribution is -0.148. The molecule has 0 aromatic heterocycles. The molecule has 0 radical (unpaired) electrons. The summed E-state index contributed by atoms with van der Waals surface area (Å²) in [5, 5.41) is 6.22. The maximum Gasteiger partial charge on any atom is 0.355 e. The van der Waals surface area contributed by atoms with Crippen molar-refractivity contribution in [1.29, 1.82) is 0 Å². The van der Waals surface area contributed by atoms with E-state index in [4.69, 9.17) is 4.74 Å². The molecule has 2 aliphatic rings. The van der Waals surface area contributed by atoms with E-state index in [9.17, 15) is 31.9 Å². The molecule has 1 aromatic carbocycles. The summed E-state index contributed by atoms with van der Waals surface area (Å²) in [6.07, 6.45) is -0.142. The predicted molar refractivity (Wildman–Crippen MR) is 87.1 cm³/mol. The third kappa shape index (κ3) is 3.97. The largest absolute Gasteiger partial charge is 0.448 e. The van der Waals surface area contributed by atoms with E-state index in [1.165, 1.54) is 6.92 Å². The van der Waals surface area contributed by atoms with Crippen molar-refractivity contribution in [2.24, 2.45) is 5.10 Å². The van der Waals surface area contributed by atoms with Gasteiger partial charge in [0.05, 0.1) is 0 Å². The molecule has 1 aromatic rings. The average molecular weight is 401 g/mol. The summed E-state index contributed by atoms with van der Waals surface area (Å²) in [6, 6.07) is 0.0318. The molecule has 1 fully saturated rings. The fraction of sp³-hybridized carbons (Fsp3) is 0.412. The number of nitrogens with zero attached hydrogens (tertiary/aromatic N) is 2. The van der Waals surface area contributed by atoms with Crippen LogP contribution in [0, 0.1) is 23.3 Å². The molecule has 7 nitrogen and oxygen atoms in total. The van der Waals surface area contributed by atoms with Crippen LogP contribution in [0.4, 0.5) is 23.2 Å². The van der Waals surface area contributed by atoms with Crippen molar-refractivity contribution in [2.75, 3.05) is 5.01 Å².